The van der Waals surface area contributed by atoms with E-state index < -0.39 is 0 Å². The van der Waals surface area contributed by atoms with Crippen LogP contribution in [0.3, 0.4) is 0 Å². The summed E-state index contributed by atoms with van der Waals surface area (Å²) in [4.78, 5) is 15.0. The van der Waals surface area contributed by atoms with Gasteiger partial charge in [0.2, 0.25) is 5.82 Å². The Balaban J connectivity index is 1.85. The lowest BCUT2D eigenvalue weighted by Crippen LogP contribution is -2.25. The summed E-state index contributed by atoms with van der Waals surface area (Å²) < 4.78 is 0. The van der Waals surface area contributed by atoms with Crippen molar-refractivity contribution in [3.05, 3.63) is 27.9 Å². The van der Waals surface area contributed by atoms with Gasteiger partial charge in [0, 0.05) is 17.8 Å². The second-order valence-electron chi connectivity index (χ2n) is 5.42. The van der Waals surface area contributed by atoms with Gasteiger partial charge in [-0.2, -0.15) is 0 Å². The molecule has 1 N–H and O–H groups in total. The fourth-order valence-corrected chi connectivity index (χ4v) is 2.49. The van der Waals surface area contributed by atoms with E-state index in [-0.39, 0.29) is 10.6 Å². The quantitative estimate of drug-likeness (QED) is 0.641. The van der Waals surface area contributed by atoms with E-state index in [1.807, 2.05) is 6.92 Å². The van der Waals surface area contributed by atoms with Gasteiger partial charge >= 0.3 is 5.69 Å². The van der Waals surface area contributed by atoms with E-state index in [2.05, 4.69) is 10.3 Å². The van der Waals surface area contributed by atoms with Gasteiger partial charge in [0.1, 0.15) is 0 Å². The monoisotopic (exact) mass is 247 g/mol. The van der Waals surface area contributed by atoms with Gasteiger partial charge in [-0.3, -0.25) is 10.1 Å². The Labute approximate surface area is 106 Å². The van der Waals surface area contributed by atoms with Crippen LogP contribution in [0.2, 0.25) is 0 Å². The van der Waals surface area contributed by atoms with Crippen molar-refractivity contribution in [1.82, 2.24) is 4.98 Å². The van der Waals surface area contributed by atoms with Crippen molar-refractivity contribution in [2.24, 2.45) is 11.8 Å². The molecule has 0 amide bonds. The van der Waals surface area contributed by atoms with Gasteiger partial charge in [0.05, 0.1) is 4.92 Å². The Kier molecular flexibility index (Phi) is 2.69. The number of pyridine rings is 1. The number of rotatable bonds is 5. The second kappa shape index (κ2) is 4.23. The molecule has 2 aliphatic carbocycles. The molecule has 3 rings (SSSR count). The maximum atomic E-state index is 11.0. The average Bonchev–Trinajstić information content (AvgIpc) is 3.17. The van der Waals surface area contributed by atoms with E-state index in [1.165, 1.54) is 25.7 Å². The molecule has 1 aromatic heterocycles. The molecular formula is C13H17N3O2. The number of anilines is 1. The average molecular weight is 247 g/mol. The smallest absolute Gasteiger partial charge is 0.311 e. The molecule has 0 atom stereocenters. The Hall–Kier alpha value is -1.65. The standard InChI is InChI=1S/C13H17N3O2/c1-8-2-7-11(16(17)18)13(14-8)15-12(9-3-4-9)10-5-6-10/h2,7,9-10,12H,3-6H2,1H3,(H,14,15). The molecule has 2 aliphatic rings. The first-order valence-electron chi connectivity index (χ1n) is 6.53. The summed E-state index contributed by atoms with van der Waals surface area (Å²) >= 11 is 0. The molecule has 0 saturated heterocycles. The molecule has 2 saturated carbocycles. The van der Waals surface area contributed by atoms with Gasteiger partial charge < -0.3 is 5.32 Å². The number of aromatic nitrogens is 1. The van der Waals surface area contributed by atoms with Crippen molar-refractivity contribution >= 4 is 11.5 Å². The minimum absolute atomic E-state index is 0.0897. The Morgan fingerprint density at radius 3 is 2.44 bits per heavy atom. The highest BCUT2D eigenvalue weighted by Gasteiger charge is 2.42. The number of nitrogens with one attached hydrogen (secondary N) is 1. The Morgan fingerprint density at radius 2 is 1.94 bits per heavy atom. The number of nitro groups is 1. The third-order valence-electron chi connectivity index (χ3n) is 3.77. The Bertz CT molecular complexity index is 469. The molecule has 1 heterocycles. The number of aryl methyl sites for hydroxylation is 1. The lowest BCUT2D eigenvalue weighted by molar-refractivity contribution is -0.384. The SMILES string of the molecule is Cc1ccc([N+](=O)[O-])c(NC(C2CC2)C2CC2)n1. The number of hydrogen-bond donors (Lipinski definition) is 1. The summed E-state index contributed by atoms with van der Waals surface area (Å²) in [6.07, 6.45) is 4.98. The van der Waals surface area contributed by atoms with Crippen LogP contribution in [-0.4, -0.2) is 15.9 Å². The zero-order chi connectivity index (χ0) is 12.7. The molecule has 0 unspecified atom stereocenters. The van der Waals surface area contributed by atoms with Crippen LogP contribution in [0.1, 0.15) is 31.4 Å². The van der Waals surface area contributed by atoms with Crippen molar-refractivity contribution in [3.8, 4) is 0 Å². The molecular weight excluding hydrogens is 230 g/mol. The summed E-state index contributed by atoms with van der Waals surface area (Å²) in [5.41, 5.74) is 0.903. The molecule has 0 aliphatic heterocycles. The van der Waals surface area contributed by atoms with Gasteiger partial charge in [-0.05, 0) is 50.5 Å². The first-order valence-corrected chi connectivity index (χ1v) is 6.53. The highest BCUT2D eigenvalue weighted by Crippen LogP contribution is 2.46. The van der Waals surface area contributed by atoms with Crippen molar-refractivity contribution in [2.45, 2.75) is 38.6 Å². The normalized spacial score (nSPS) is 19.0. The first-order chi connectivity index (χ1) is 8.65. The zero-order valence-corrected chi connectivity index (χ0v) is 10.4. The van der Waals surface area contributed by atoms with Crippen LogP contribution in [0.4, 0.5) is 11.5 Å². The molecule has 0 aromatic carbocycles. The summed E-state index contributed by atoms with van der Waals surface area (Å²) in [6.45, 7) is 1.86. The zero-order valence-electron chi connectivity index (χ0n) is 10.4. The van der Waals surface area contributed by atoms with E-state index in [9.17, 15) is 10.1 Å². The van der Waals surface area contributed by atoms with Crippen molar-refractivity contribution in [1.29, 1.82) is 0 Å². The predicted octanol–water partition coefficient (Wildman–Crippen LogP) is 2.90. The van der Waals surface area contributed by atoms with Crippen molar-refractivity contribution in [3.63, 3.8) is 0 Å². The molecule has 18 heavy (non-hydrogen) atoms. The summed E-state index contributed by atoms with van der Waals surface area (Å²) in [6, 6.07) is 3.62. The lowest BCUT2D eigenvalue weighted by Gasteiger charge is -2.18. The second-order valence-corrected chi connectivity index (χ2v) is 5.42. The lowest BCUT2D eigenvalue weighted by atomic mass is 10.1. The third-order valence-corrected chi connectivity index (χ3v) is 3.77. The maximum absolute atomic E-state index is 11.0. The Morgan fingerprint density at radius 1 is 1.33 bits per heavy atom. The summed E-state index contributed by atoms with van der Waals surface area (Å²) in [7, 11) is 0. The van der Waals surface area contributed by atoms with E-state index in [0.29, 0.717) is 23.7 Å². The van der Waals surface area contributed by atoms with Gasteiger partial charge in [-0.15, -0.1) is 0 Å². The van der Waals surface area contributed by atoms with Crippen LogP contribution in [0.25, 0.3) is 0 Å². The molecule has 0 bridgehead atoms. The van der Waals surface area contributed by atoms with Crippen LogP contribution in [0, 0.1) is 28.9 Å². The first kappa shape index (κ1) is 11.4. The van der Waals surface area contributed by atoms with E-state index in [4.69, 9.17) is 0 Å². The molecule has 0 radical (unpaired) electrons. The van der Waals surface area contributed by atoms with Gasteiger partial charge in [0.15, 0.2) is 0 Å². The fourth-order valence-electron chi connectivity index (χ4n) is 2.49. The van der Waals surface area contributed by atoms with Crippen LogP contribution < -0.4 is 5.32 Å². The summed E-state index contributed by atoms with van der Waals surface area (Å²) in [5, 5.41) is 14.4. The number of nitrogens with zero attached hydrogens (tertiary/aromatic N) is 2. The maximum Gasteiger partial charge on any atom is 0.311 e. The van der Waals surface area contributed by atoms with Crippen LogP contribution >= 0.6 is 0 Å². The molecule has 96 valence electrons. The third kappa shape index (κ3) is 2.30. The molecule has 2 fully saturated rings. The van der Waals surface area contributed by atoms with Gasteiger partial charge in [0.25, 0.3) is 0 Å². The minimum atomic E-state index is -0.356. The van der Waals surface area contributed by atoms with E-state index in [0.717, 1.165) is 5.69 Å². The highest BCUT2D eigenvalue weighted by atomic mass is 16.6. The minimum Gasteiger partial charge on any atom is -0.361 e. The molecule has 5 nitrogen and oxygen atoms in total. The molecule has 5 heteroatoms. The number of hydrogen-bond acceptors (Lipinski definition) is 4. The van der Waals surface area contributed by atoms with Crippen LogP contribution in [0.15, 0.2) is 12.1 Å². The molecule has 0 spiro atoms. The van der Waals surface area contributed by atoms with Gasteiger partial charge in [-0.25, -0.2) is 4.98 Å². The molecule has 1 aromatic rings. The van der Waals surface area contributed by atoms with Crippen molar-refractivity contribution in [2.75, 3.05) is 5.32 Å². The van der Waals surface area contributed by atoms with Gasteiger partial charge in [-0.1, -0.05) is 0 Å². The largest absolute Gasteiger partial charge is 0.361 e. The summed E-state index contributed by atoms with van der Waals surface area (Å²) in [5.74, 6) is 1.84. The van der Waals surface area contributed by atoms with E-state index >= 15 is 0 Å². The van der Waals surface area contributed by atoms with Crippen molar-refractivity contribution < 1.29 is 4.92 Å². The fraction of sp³-hybridized carbons (Fsp3) is 0.615. The van der Waals surface area contributed by atoms with Crippen LogP contribution in [-0.2, 0) is 0 Å². The highest BCUT2D eigenvalue weighted by molar-refractivity contribution is 5.57. The predicted molar refractivity (Wildman–Crippen MR) is 68.5 cm³/mol. The topological polar surface area (TPSA) is 68.1 Å². The van der Waals surface area contributed by atoms with Crippen LogP contribution in [0.5, 0.6) is 0 Å². The van der Waals surface area contributed by atoms with E-state index in [1.54, 1.807) is 12.1 Å².